The van der Waals surface area contributed by atoms with E-state index in [1.807, 2.05) is 43.3 Å². The zero-order valence-corrected chi connectivity index (χ0v) is 12.8. The van der Waals surface area contributed by atoms with Crippen LogP contribution in [0.1, 0.15) is 30.5 Å². The van der Waals surface area contributed by atoms with E-state index in [4.69, 9.17) is 5.73 Å². The lowest BCUT2D eigenvalue weighted by molar-refractivity contribution is 0.581. The Morgan fingerprint density at radius 1 is 1.10 bits per heavy atom. The molecule has 2 aromatic carbocycles. The van der Waals surface area contributed by atoms with E-state index in [9.17, 15) is 8.42 Å². The van der Waals surface area contributed by atoms with Crippen molar-refractivity contribution in [2.75, 3.05) is 0 Å². The van der Waals surface area contributed by atoms with Gasteiger partial charge >= 0.3 is 0 Å². The van der Waals surface area contributed by atoms with Crippen LogP contribution in [0.5, 0.6) is 0 Å². The second-order valence-electron chi connectivity index (χ2n) is 4.90. The molecule has 0 spiro atoms. The minimum absolute atomic E-state index is 0.144. The van der Waals surface area contributed by atoms with Crippen molar-refractivity contribution in [2.24, 2.45) is 5.73 Å². The molecule has 0 aliphatic rings. The summed E-state index contributed by atoms with van der Waals surface area (Å²) in [6.07, 6.45) is 0.765. The van der Waals surface area contributed by atoms with Crippen molar-refractivity contribution >= 4 is 10.0 Å². The third-order valence-electron chi connectivity index (χ3n) is 3.35. The average Bonchev–Trinajstić information content (AvgIpc) is 2.53. The summed E-state index contributed by atoms with van der Waals surface area (Å²) in [4.78, 5) is 0.250. The first-order valence-corrected chi connectivity index (χ1v) is 8.40. The van der Waals surface area contributed by atoms with Crippen LogP contribution in [0.4, 0.5) is 0 Å². The van der Waals surface area contributed by atoms with Gasteiger partial charge in [0.25, 0.3) is 0 Å². The highest BCUT2D eigenvalue weighted by molar-refractivity contribution is 7.89. The number of benzene rings is 2. The molecule has 21 heavy (non-hydrogen) atoms. The van der Waals surface area contributed by atoms with Crippen LogP contribution in [-0.4, -0.2) is 8.42 Å². The average molecular weight is 304 g/mol. The predicted octanol–water partition coefficient (Wildman–Crippen LogP) is 2.57. The fourth-order valence-electron chi connectivity index (χ4n) is 2.01. The lowest BCUT2D eigenvalue weighted by Gasteiger charge is -2.12. The van der Waals surface area contributed by atoms with E-state index in [-0.39, 0.29) is 17.5 Å². The van der Waals surface area contributed by atoms with E-state index in [1.54, 1.807) is 18.2 Å². The van der Waals surface area contributed by atoms with Gasteiger partial charge in [0.15, 0.2) is 0 Å². The number of sulfonamides is 1. The van der Waals surface area contributed by atoms with Gasteiger partial charge in [-0.2, -0.15) is 0 Å². The van der Waals surface area contributed by atoms with E-state index in [0.29, 0.717) is 0 Å². The Bertz CT molecular complexity index is 684. The maximum Gasteiger partial charge on any atom is 0.240 e. The molecule has 0 aliphatic heterocycles. The third kappa shape index (κ3) is 4.14. The van der Waals surface area contributed by atoms with Crippen LogP contribution in [0.2, 0.25) is 0 Å². The zero-order valence-electron chi connectivity index (χ0n) is 12.0. The van der Waals surface area contributed by atoms with Gasteiger partial charge in [-0.15, -0.1) is 0 Å². The van der Waals surface area contributed by atoms with Gasteiger partial charge < -0.3 is 5.73 Å². The van der Waals surface area contributed by atoms with Crippen LogP contribution in [-0.2, 0) is 16.6 Å². The van der Waals surface area contributed by atoms with Crippen LogP contribution >= 0.6 is 0 Å². The van der Waals surface area contributed by atoms with E-state index in [2.05, 4.69) is 4.72 Å². The van der Waals surface area contributed by atoms with E-state index in [0.717, 1.165) is 17.5 Å². The molecule has 2 aromatic rings. The summed E-state index contributed by atoms with van der Waals surface area (Å²) in [5.41, 5.74) is 7.71. The van der Waals surface area contributed by atoms with E-state index in [1.165, 1.54) is 0 Å². The Labute approximate surface area is 126 Å². The van der Waals surface area contributed by atoms with Gasteiger partial charge in [0.1, 0.15) is 0 Å². The molecule has 0 fully saturated rings. The molecule has 0 saturated heterocycles. The van der Waals surface area contributed by atoms with Crippen LogP contribution in [0.3, 0.4) is 0 Å². The van der Waals surface area contributed by atoms with Gasteiger partial charge in [-0.3, -0.25) is 0 Å². The second kappa shape index (κ2) is 6.85. The molecule has 0 bridgehead atoms. The van der Waals surface area contributed by atoms with Crippen molar-refractivity contribution < 1.29 is 8.42 Å². The smallest absolute Gasteiger partial charge is 0.240 e. The Kier molecular flexibility index (Phi) is 5.12. The quantitative estimate of drug-likeness (QED) is 0.861. The molecule has 2 rings (SSSR count). The molecule has 0 amide bonds. The highest BCUT2D eigenvalue weighted by atomic mass is 32.2. The molecule has 0 aliphatic carbocycles. The number of hydrogen-bond donors (Lipinski definition) is 2. The first-order chi connectivity index (χ1) is 10.0. The maximum atomic E-state index is 12.3. The predicted molar refractivity (Wildman–Crippen MR) is 84.1 cm³/mol. The fraction of sp³-hybridized carbons (Fsp3) is 0.250. The highest BCUT2D eigenvalue weighted by Gasteiger charge is 2.15. The Morgan fingerprint density at radius 2 is 1.81 bits per heavy atom. The molecule has 1 atom stereocenters. The standard InChI is InChI=1S/C16H20N2O2S/c1-2-16(17)14-9-6-10-15(11-14)21(19,20)18-12-13-7-4-3-5-8-13/h3-11,16,18H,2,12,17H2,1H3. The lowest BCUT2D eigenvalue weighted by atomic mass is 10.1. The highest BCUT2D eigenvalue weighted by Crippen LogP contribution is 2.18. The molecule has 1 unspecified atom stereocenters. The van der Waals surface area contributed by atoms with E-state index >= 15 is 0 Å². The van der Waals surface area contributed by atoms with Gasteiger partial charge in [0.2, 0.25) is 10.0 Å². The summed E-state index contributed by atoms with van der Waals surface area (Å²) in [6.45, 7) is 2.24. The molecule has 0 heterocycles. The molecule has 4 nitrogen and oxygen atoms in total. The number of rotatable bonds is 6. The van der Waals surface area contributed by atoms with Crippen LogP contribution in [0.25, 0.3) is 0 Å². The Morgan fingerprint density at radius 3 is 2.48 bits per heavy atom. The Balaban J connectivity index is 2.16. The number of nitrogens with two attached hydrogens (primary N) is 1. The molecular formula is C16H20N2O2S. The maximum absolute atomic E-state index is 12.3. The fourth-order valence-corrected chi connectivity index (χ4v) is 3.08. The van der Waals surface area contributed by atoms with Crippen LogP contribution < -0.4 is 10.5 Å². The molecule has 0 saturated carbocycles. The molecule has 0 aromatic heterocycles. The third-order valence-corrected chi connectivity index (χ3v) is 4.74. The van der Waals surface area contributed by atoms with Crippen LogP contribution in [0.15, 0.2) is 59.5 Å². The van der Waals surface area contributed by atoms with Crippen molar-refractivity contribution in [2.45, 2.75) is 30.8 Å². The topological polar surface area (TPSA) is 72.2 Å². The second-order valence-corrected chi connectivity index (χ2v) is 6.66. The monoisotopic (exact) mass is 304 g/mol. The van der Waals surface area contributed by atoms with Crippen molar-refractivity contribution in [3.8, 4) is 0 Å². The van der Waals surface area contributed by atoms with Crippen molar-refractivity contribution in [3.05, 3.63) is 65.7 Å². The summed E-state index contributed by atoms with van der Waals surface area (Å²) in [6, 6.07) is 16.1. The molecule has 5 heteroatoms. The number of hydrogen-bond acceptors (Lipinski definition) is 3. The van der Waals surface area contributed by atoms with Crippen LogP contribution in [0, 0.1) is 0 Å². The van der Waals surface area contributed by atoms with Gasteiger partial charge in [-0.1, -0.05) is 49.4 Å². The molecular weight excluding hydrogens is 284 g/mol. The van der Waals surface area contributed by atoms with Gasteiger partial charge in [-0.25, -0.2) is 13.1 Å². The SMILES string of the molecule is CCC(N)c1cccc(S(=O)(=O)NCc2ccccc2)c1. The van der Waals surface area contributed by atoms with Gasteiger partial charge in [0, 0.05) is 12.6 Å². The zero-order chi connectivity index (χ0) is 15.3. The molecule has 0 radical (unpaired) electrons. The van der Waals surface area contributed by atoms with Gasteiger partial charge in [0.05, 0.1) is 4.90 Å². The number of nitrogens with one attached hydrogen (secondary N) is 1. The minimum atomic E-state index is -3.53. The first kappa shape index (κ1) is 15.7. The summed E-state index contributed by atoms with van der Waals surface area (Å²) in [7, 11) is -3.53. The normalized spacial score (nSPS) is 13.0. The van der Waals surface area contributed by atoms with Gasteiger partial charge in [-0.05, 0) is 29.7 Å². The summed E-state index contributed by atoms with van der Waals surface area (Å²) >= 11 is 0. The lowest BCUT2D eigenvalue weighted by Crippen LogP contribution is -2.23. The summed E-state index contributed by atoms with van der Waals surface area (Å²) in [5, 5.41) is 0. The summed E-state index contributed by atoms with van der Waals surface area (Å²) < 4.78 is 27.2. The van der Waals surface area contributed by atoms with Crippen molar-refractivity contribution in [3.63, 3.8) is 0 Å². The first-order valence-electron chi connectivity index (χ1n) is 6.92. The van der Waals surface area contributed by atoms with Crippen molar-refractivity contribution in [1.29, 1.82) is 0 Å². The van der Waals surface area contributed by atoms with Crippen molar-refractivity contribution in [1.82, 2.24) is 4.72 Å². The largest absolute Gasteiger partial charge is 0.324 e. The Hall–Kier alpha value is -1.69. The molecule has 112 valence electrons. The summed E-state index contributed by atoms with van der Waals surface area (Å²) in [5.74, 6) is 0. The van der Waals surface area contributed by atoms with E-state index < -0.39 is 10.0 Å². The minimum Gasteiger partial charge on any atom is -0.324 e. The molecule has 3 N–H and O–H groups in total.